The molecule has 0 aliphatic carbocycles. The van der Waals surface area contributed by atoms with Gasteiger partial charge in [0.25, 0.3) is 0 Å². The number of carbonyl (C=O) groups is 3. The minimum Gasteiger partial charge on any atom is -0.444 e. The summed E-state index contributed by atoms with van der Waals surface area (Å²) in [7, 11) is 0. The van der Waals surface area contributed by atoms with Crippen LogP contribution in [0.2, 0.25) is 0 Å². The number of aliphatic hydroxyl groups excluding tert-OH is 2. The smallest absolute Gasteiger partial charge is 0.408 e. The first-order valence-electron chi connectivity index (χ1n) is 11.9. The van der Waals surface area contributed by atoms with Gasteiger partial charge in [0.2, 0.25) is 12.1 Å². The summed E-state index contributed by atoms with van der Waals surface area (Å²) >= 11 is 0. The van der Waals surface area contributed by atoms with E-state index in [-0.39, 0.29) is 18.0 Å². The molecule has 1 aromatic heterocycles. The number of aromatic nitrogens is 2. The van der Waals surface area contributed by atoms with Crippen molar-refractivity contribution in [2.45, 2.75) is 95.8 Å². The standard InChI is InChI=1S/C23H34F2N4O8/c1-13(31)8-6-5-7-9-14(26-21(35)37-22(2,3)4)18(33)27-16-10-11-29(20(34)28-16)19-23(24,25)17(32)15(12-30)36-19/h10-11,14-15,17,19,30,32H,5-9,12H2,1-4H3,(H,26,35)(H,27,28,33,34)/t14?,15-,17+,19-/m1/s1. The van der Waals surface area contributed by atoms with Crippen molar-refractivity contribution in [3.8, 4) is 0 Å². The fourth-order valence-electron chi connectivity index (χ4n) is 3.61. The summed E-state index contributed by atoms with van der Waals surface area (Å²) in [6.07, 6.45) is -3.71. The lowest BCUT2D eigenvalue weighted by molar-refractivity contribution is -0.141. The first-order valence-corrected chi connectivity index (χ1v) is 11.9. The van der Waals surface area contributed by atoms with Crippen molar-refractivity contribution >= 4 is 23.6 Å². The van der Waals surface area contributed by atoms with Gasteiger partial charge >= 0.3 is 17.7 Å². The summed E-state index contributed by atoms with van der Waals surface area (Å²) < 4.78 is 39.3. The van der Waals surface area contributed by atoms with Crippen molar-refractivity contribution in [2.24, 2.45) is 0 Å². The van der Waals surface area contributed by atoms with Gasteiger partial charge in [-0.1, -0.05) is 12.8 Å². The lowest BCUT2D eigenvalue weighted by Gasteiger charge is -2.23. The Labute approximate surface area is 212 Å². The number of halogens is 2. The zero-order chi connectivity index (χ0) is 28.0. The van der Waals surface area contributed by atoms with Crippen LogP contribution >= 0.6 is 0 Å². The quantitative estimate of drug-likeness (QED) is 0.309. The fraction of sp³-hybridized carbons (Fsp3) is 0.696. The molecule has 4 N–H and O–H groups in total. The number of Topliss-reactive ketones (excluding diaryl/α,β-unsaturated/α-hetero) is 1. The van der Waals surface area contributed by atoms with E-state index in [1.807, 2.05) is 0 Å². The molecule has 0 saturated carbocycles. The van der Waals surface area contributed by atoms with Crippen molar-refractivity contribution in [2.75, 3.05) is 11.9 Å². The molecule has 0 radical (unpaired) electrons. The fourth-order valence-corrected chi connectivity index (χ4v) is 3.61. The largest absolute Gasteiger partial charge is 0.444 e. The van der Waals surface area contributed by atoms with Gasteiger partial charge in [0.1, 0.15) is 29.3 Å². The number of unbranched alkanes of at least 4 members (excludes halogenated alkanes) is 2. The molecular weight excluding hydrogens is 498 g/mol. The summed E-state index contributed by atoms with van der Waals surface area (Å²) in [6.45, 7) is 5.56. The topological polar surface area (TPSA) is 169 Å². The Morgan fingerprint density at radius 3 is 2.49 bits per heavy atom. The zero-order valence-electron chi connectivity index (χ0n) is 21.2. The number of alkyl carbamates (subject to hydrolysis) is 1. The van der Waals surface area contributed by atoms with Crippen LogP contribution in [0.25, 0.3) is 0 Å². The van der Waals surface area contributed by atoms with E-state index >= 15 is 0 Å². The van der Waals surface area contributed by atoms with Crippen LogP contribution in [-0.4, -0.2) is 73.9 Å². The number of hydrogen-bond acceptors (Lipinski definition) is 9. The number of nitrogens with zero attached hydrogens (tertiary/aromatic N) is 2. The van der Waals surface area contributed by atoms with Crippen LogP contribution in [0.1, 0.15) is 66.0 Å². The van der Waals surface area contributed by atoms with Crippen LogP contribution in [0, 0.1) is 0 Å². The van der Waals surface area contributed by atoms with E-state index in [1.165, 1.54) is 6.92 Å². The monoisotopic (exact) mass is 532 g/mol. The van der Waals surface area contributed by atoms with E-state index in [4.69, 9.17) is 14.6 Å². The Hall–Kier alpha value is -2.97. The van der Waals surface area contributed by atoms with Gasteiger partial charge in [0.05, 0.1) is 6.61 Å². The second-order valence-corrected chi connectivity index (χ2v) is 9.82. The van der Waals surface area contributed by atoms with Gasteiger partial charge in [0, 0.05) is 12.6 Å². The highest BCUT2D eigenvalue weighted by Crippen LogP contribution is 2.41. The Morgan fingerprint density at radius 2 is 1.95 bits per heavy atom. The van der Waals surface area contributed by atoms with Gasteiger partial charge in [-0.25, -0.2) is 9.59 Å². The number of rotatable bonds is 11. The molecule has 0 spiro atoms. The molecule has 1 saturated heterocycles. The van der Waals surface area contributed by atoms with Gasteiger partial charge in [-0.05, 0) is 46.6 Å². The number of amides is 2. The Balaban J connectivity index is 2.13. The number of hydrogen-bond donors (Lipinski definition) is 4. The average molecular weight is 533 g/mol. The number of aliphatic hydroxyl groups is 2. The van der Waals surface area contributed by atoms with Crippen LogP contribution in [0.15, 0.2) is 17.1 Å². The molecule has 4 atom stereocenters. The van der Waals surface area contributed by atoms with Crippen LogP contribution in [0.4, 0.5) is 19.4 Å². The molecule has 1 fully saturated rings. The number of carbonyl (C=O) groups excluding carboxylic acids is 3. The molecule has 1 aliphatic heterocycles. The first-order chi connectivity index (χ1) is 17.2. The van der Waals surface area contributed by atoms with Crippen molar-refractivity contribution in [1.82, 2.24) is 14.9 Å². The SMILES string of the molecule is CC(=O)CCCCCC(NC(=O)OC(C)(C)C)C(=O)Nc1ccn([C@@H]2O[C@H](CO)[C@H](O)C2(F)F)c(=O)n1. The first kappa shape index (κ1) is 30.3. The van der Waals surface area contributed by atoms with Crippen molar-refractivity contribution in [1.29, 1.82) is 0 Å². The number of alkyl halides is 2. The molecule has 0 aromatic carbocycles. The van der Waals surface area contributed by atoms with Gasteiger partial charge in [-0.2, -0.15) is 13.8 Å². The zero-order valence-corrected chi connectivity index (χ0v) is 21.2. The molecule has 37 heavy (non-hydrogen) atoms. The molecule has 1 unspecified atom stereocenters. The minimum atomic E-state index is -3.88. The molecule has 1 aromatic rings. The molecule has 1 aliphatic rings. The second kappa shape index (κ2) is 12.5. The van der Waals surface area contributed by atoms with Gasteiger partial charge in [-0.15, -0.1) is 0 Å². The van der Waals surface area contributed by atoms with Gasteiger partial charge in [0.15, 0.2) is 6.10 Å². The Kier molecular flexibility index (Phi) is 10.2. The third kappa shape index (κ3) is 8.54. The number of anilines is 1. The third-order valence-corrected chi connectivity index (χ3v) is 5.42. The maximum Gasteiger partial charge on any atom is 0.408 e. The average Bonchev–Trinajstić information content (AvgIpc) is 3.00. The highest BCUT2D eigenvalue weighted by molar-refractivity contribution is 5.95. The molecule has 14 heteroatoms. The minimum absolute atomic E-state index is 0.0455. The van der Waals surface area contributed by atoms with Crippen molar-refractivity contribution in [3.63, 3.8) is 0 Å². The highest BCUT2D eigenvalue weighted by Gasteiger charge is 2.59. The summed E-state index contributed by atoms with van der Waals surface area (Å²) in [5.41, 5.74) is -2.01. The van der Waals surface area contributed by atoms with E-state index in [9.17, 15) is 33.1 Å². The van der Waals surface area contributed by atoms with Crippen LogP contribution < -0.4 is 16.3 Å². The highest BCUT2D eigenvalue weighted by atomic mass is 19.3. The molecule has 2 amide bonds. The normalized spacial score (nSPS) is 21.8. The molecular formula is C23H34F2N4O8. The maximum absolute atomic E-state index is 14.4. The molecule has 208 valence electrons. The lowest BCUT2D eigenvalue weighted by Crippen LogP contribution is -2.46. The van der Waals surface area contributed by atoms with Crippen LogP contribution in [-0.2, 0) is 19.1 Å². The Bertz CT molecular complexity index is 1030. The van der Waals surface area contributed by atoms with Crippen LogP contribution in [0.3, 0.4) is 0 Å². The van der Waals surface area contributed by atoms with E-state index in [0.717, 1.165) is 12.3 Å². The predicted molar refractivity (Wildman–Crippen MR) is 126 cm³/mol. The van der Waals surface area contributed by atoms with Crippen molar-refractivity contribution in [3.05, 3.63) is 22.7 Å². The summed E-state index contributed by atoms with van der Waals surface area (Å²) in [5, 5.41) is 23.6. The predicted octanol–water partition coefficient (Wildman–Crippen LogP) is 1.50. The van der Waals surface area contributed by atoms with Gasteiger partial charge < -0.3 is 35.1 Å². The summed E-state index contributed by atoms with van der Waals surface area (Å²) in [4.78, 5) is 52.2. The van der Waals surface area contributed by atoms with E-state index < -0.39 is 60.3 Å². The number of ether oxygens (including phenoxy) is 2. The van der Waals surface area contributed by atoms with E-state index in [2.05, 4.69) is 15.6 Å². The molecule has 2 heterocycles. The third-order valence-electron chi connectivity index (χ3n) is 5.42. The summed E-state index contributed by atoms with van der Waals surface area (Å²) in [5.74, 6) is -4.82. The van der Waals surface area contributed by atoms with E-state index in [1.54, 1.807) is 20.8 Å². The number of nitrogens with one attached hydrogen (secondary N) is 2. The molecule has 0 bridgehead atoms. The Morgan fingerprint density at radius 1 is 1.27 bits per heavy atom. The van der Waals surface area contributed by atoms with Gasteiger partial charge in [-0.3, -0.25) is 9.36 Å². The molecule has 2 rings (SSSR count). The number of ketones is 1. The van der Waals surface area contributed by atoms with Crippen molar-refractivity contribution < 1.29 is 42.9 Å². The maximum atomic E-state index is 14.4. The van der Waals surface area contributed by atoms with Crippen LogP contribution in [0.5, 0.6) is 0 Å². The lowest BCUT2D eigenvalue weighted by atomic mass is 10.1. The van der Waals surface area contributed by atoms with E-state index in [0.29, 0.717) is 30.3 Å². The molecule has 12 nitrogen and oxygen atoms in total. The second-order valence-electron chi connectivity index (χ2n) is 9.82. The summed E-state index contributed by atoms with van der Waals surface area (Å²) in [6, 6.07) is 0.00813.